The molecule has 0 bridgehead atoms. The molecule has 3 rings (SSSR count). The molecule has 0 aliphatic carbocycles. The second kappa shape index (κ2) is 6.96. The van der Waals surface area contributed by atoms with Gasteiger partial charge in [-0.15, -0.1) is 0 Å². The van der Waals surface area contributed by atoms with Crippen molar-refractivity contribution in [3.8, 4) is 11.1 Å². The third-order valence-electron chi connectivity index (χ3n) is 3.76. The third kappa shape index (κ3) is 3.79. The van der Waals surface area contributed by atoms with Crippen LogP contribution in [-0.2, 0) is 0 Å². The van der Waals surface area contributed by atoms with Gasteiger partial charge in [0.25, 0.3) is 0 Å². The molecule has 4 nitrogen and oxygen atoms in total. The van der Waals surface area contributed by atoms with Gasteiger partial charge >= 0.3 is 0 Å². The lowest BCUT2D eigenvalue weighted by Gasteiger charge is -2.11. The molecular formula is C20H20N4. The van der Waals surface area contributed by atoms with Gasteiger partial charge in [0.15, 0.2) is 0 Å². The highest BCUT2D eigenvalue weighted by Gasteiger charge is 1.98. The van der Waals surface area contributed by atoms with Crippen molar-refractivity contribution in [2.75, 3.05) is 24.7 Å². The number of hydrogen-bond donors (Lipinski definition) is 1. The molecule has 3 aromatic carbocycles. The van der Waals surface area contributed by atoms with E-state index >= 15 is 0 Å². The van der Waals surface area contributed by atoms with Gasteiger partial charge < -0.3 is 10.6 Å². The Morgan fingerprint density at radius 1 is 0.625 bits per heavy atom. The second-order valence-corrected chi connectivity index (χ2v) is 5.78. The van der Waals surface area contributed by atoms with Crippen molar-refractivity contribution in [1.29, 1.82) is 0 Å². The van der Waals surface area contributed by atoms with Crippen LogP contribution in [0.4, 0.5) is 22.7 Å². The quantitative estimate of drug-likeness (QED) is 0.516. The average Bonchev–Trinajstić information content (AvgIpc) is 2.61. The van der Waals surface area contributed by atoms with Crippen molar-refractivity contribution in [3.63, 3.8) is 0 Å². The normalized spacial score (nSPS) is 10.9. The van der Waals surface area contributed by atoms with E-state index in [-0.39, 0.29) is 0 Å². The van der Waals surface area contributed by atoms with Crippen LogP contribution >= 0.6 is 0 Å². The Morgan fingerprint density at radius 3 is 1.50 bits per heavy atom. The van der Waals surface area contributed by atoms with Crippen molar-refractivity contribution in [1.82, 2.24) is 0 Å². The van der Waals surface area contributed by atoms with Crippen LogP contribution in [0.3, 0.4) is 0 Å². The molecule has 0 radical (unpaired) electrons. The summed E-state index contributed by atoms with van der Waals surface area (Å²) in [6.45, 7) is 0. The number of benzene rings is 3. The lowest BCUT2D eigenvalue weighted by Crippen LogP contribution is -2.07. The molecule has 0 atom stereocenters. The number of anilines is 2. The summed E-state index contributed by atoms with van der Waals surface area (Å²) < 4.78 is 0. The summed E-state index contributed by atoms with van der Waals surface area (Å²) in [6.07, 6.45) is 0. The molecule has 3 aromatic rings. The fourth-order valence-corrected chi connectivity index (χ4v) is 2.33. The van der Waals surface area contributed by atoms with Crippen LogP contribution in [0.25, 0.3) is 11.1 Å². The molecule has 2 N–H and O–H groups in total. The molecule has 0 amide bonds. The fourth-order valence-electron chi connectivity index (χ4n) is 2.33. The topological polar surface area (TPSA) is 54.0 Å². The first-order valence-electron chi connectivity index (χ1n) is 7.77. The van der Waals surface area contributed by atoms with E-state index in [0.717, 1.165) is 33.9 Å². The van der Waals surface area contributed by atoms with Gasteiger partial charge in [-0.3, -0.25) is 0 Å². The molecule has 0 unspecified atom stereocenters. The maximum absolute atomic E-state index is 5.72. The van der Waals surface area contributed by atoms with Crippen LogP contribution in [0.15, 0.2) is 83.0 Å². The summed E-state index contributed by atoms with van der Waals surface area (Å²) in [7, 11) is 4.03. The predicted molar refractivity (Wildman–Crippen MR) is 101 cm³/mol. The monoisotopic (exact) mass is 316 g/mol. The summed E-state index contributed by atoms with van der Waals surface area (Å²) in [5, 5.41) is 8.57. The van der Waals surface area contributed by atoms with E-state index in [0.29, 0.717) is 0 Å². The van der Waals surface area contributed by atoms with Crippen molar-refractivity contribution in [2.45, 2.75) is 0 Å². The van der Waals surface area contributed by atoms with E-state index in [9.17, 15) is 0 Å². The van der Waals surface area contributed by atoms with E-state index in [2.05, 4.69) is 15.1 Å². The maximum Gasteiger partial charge on any atom is 0.0858 e. The Morgan fingerprint density at radius 2 is 1.04 bits per heavy atom. The second-order valence-electron chi connectivity index (χ2n) is 5.78. The Bertz CT molecular complexity index is 817. The van der Waals surface area contributed by atoms with Gasteiger partial charge in [0, 0.05) is 25.5 Å². The Kier molecular flexibility index (Phi) is 4.57. The van der Waals surface area contributed by atoms with Crippen molar-refractivity contribution < 1.29 is 0 Å². The van der Waals surface area contributed by atoms with E-state index in [1.54, 1.807) is 0 Å². The molecule has 0 spiro atoms. The molecular weight excluding hydrogens is 296 g/mol. The van der Waals surface area contributed by atoms with Crippen LogP contribution in [-0.4, -0.2) is 14.1 Å². The molecule has 4 heteroatoms. The SMILES string of the molecule is CN(C)c1ccc(/N=N/c2ccc(-c3ccc(N)cc3)cc2)cc1. The van der Waals surface area contributed by atoms with E-state index < -0.39 is 0 Å². The standard InChI is InChI=1S/C20H20N4/c1-24(2)20-13-11-19(12-14-20)23-22-18-9-5-16(6-10-18)15-3-7-17(21)8-4-15/h3-14H,21H2,1-2H3/b23-22+. The summed E-state index contributed by atoms with van der Waals surface area (Å²) >= 11 is 0. The number of rotatable bonds is 4. The fraction of sp³-hybridized carbons (Fsp3) is 0.100. The smallest absolute Gasteiger partial charge is 0.0858 e. The minimum absolute atomic E-state index is 0.768. The Labute approximate surface area is 142 Å². The van der Waals surface area contributed by atoms with Gasteiger partial charge in [-0.05, 0) is 59.7 Å². The molecule has 0 aliphatic heterocycles. The average molecular weight is 316 g/mol. The number of nitrogen functional groups attached to an aromatic ring is 1. The summed E-state index contributed by atoms with van der Waals surface area (Å²) in [5.74, 6) is 0. The molecule has 0 aromatic heterocycles. The van der Waals surface area contributed by atoms with Crippen molar-refractivity contribution >= 4 is 22.7 Å². The molecule has 0 fully saturated rings. The van der Waals surface area contributed by atoms with Crippen molar-refractivity contribution in [2.24, 2.45) is 10.2 Å². The first-order chi connectivity index (χ1) is 11.6. The number of azo groups is 1. The maximum atomic E-state index is 5.72. The first kappa shape index (κ1) is 15.7. The predicted octanol–water partition coefficient (Wildman–Crippen LogP) is 5.42. The molecule has 0 aliphatic rings. The summed E-state index contributed by atoms with van der Waals surface area (Å²) in [5.41, 5.74) is 11.5. The van der Waals surface area contributed by atoms with Crippen LogP contribution in [0.1, 0.15) is 0 Å². The largest absolute Gasteiger partial charge is 0.399 e. The van der Waals surface area contributed by atoms with E-state index in [1.807, 2.05) is 86.9 Å². The van der Waals surface area contributed by atoms with E-state index in [1.165, 1.54) is 0 Å². The lowest BCUT2D eigenvalue weighted by molar-refractivity contribution is 1.13. The number of nitrogens with zero attached hydrogens (tertiary/aromatic N) is 3. The van der Waals surface area contributed by atoms with Gasteiger partial charge in [-0.1, -0.05) is 24.3 Å². The van der Waals surface area contributed by atoms with Gasteiger partial charge in [-0.2, -0.15) is 10.2 Å². The molecule has 0 saturated heterocycles. The van der Waals surface area contributed by atoms with Crippen molar-refractivity contribution in [3.05, 3.63) is 72.8 Å². The molecule has 0 heterocycles. The highest BCUT2D eigenvalue weighted by molar-refractivity contribution is 5.67. The Balaban J connectivity index is 1.72. The van der Waals surface area contributed by atoms with Crippen LogP contribution in [0.5, 0.6) is 0 Å². The van der Waals surface area contributed by atoms with Crippen LogP contribution < -0.4 is 10.6 Å². The third-order valence-corrected chi connectivity index (χ3v) is 3.76. The van der Waals surface area contributed by atoms with Crippen LogP contribution in [0, 0.1) is 0 Å². The minimum Gasteiger partial charge on any atom is -0.399 e. The van der Waals surface area contributed by atoms with Gasteiger partial charge in [-0.25, -0.2) is 0 Å². The first-order valence-corrected chi connectivity index (χ1v) is 7.77. The van der Waals surface area contributed by atoms with E-state index in [4.69, 9.17) is 5.73 Å². The minimum atomic E-state index is 0.768. The van der Waals surface area contributed by atoms with Gasteiger partial charge in [0.1, 0.15) is 0 Å². The van der Waals surface area contributed by atoms with Gasteiger partial charge in [0.2, 0.25) is 0 Å². The lowest BCUT2D eigenvalue weighted by atomic mass is 10.1. The highest BCUT2D eigenvalue weighted by Crippen LogP contribution is 2.25. The zero-order valence-corrected chi connectivity index (χ0v) is 13.8. The zero-order valence-electron chi connectivity index (χ0n) is 13.8. The zero-order chi connectivity index (χ0) is 16.9. The van der Waals surface area contributed by atoms with Gasteiger partial charge in [0.05, 0.1) is 11.4 Å². The molecule has 0 saturated carbocycles. The summed E-state index contributed by atoms with van der Waals surface area (Å²) in [6, 6.07) is 23.8. The molecule has 24 heavy (non-hydrogen) atoms. The van der Waals surface area contributed by atoms with Crippen LogP contribution in [0.2, 0.25) is 0 Å². The number of nitrogens with two attached hydrogens (primary N) is 1. The summed E-state index contributed by atoms with van der Waals surface area (Å²) in [4.78, 5) is 2.05. The highest BCUT2D eigenvalue weighted by atomic mass is 15.1. The number of hydrogen-bond acceptors (Lipinski definition) is 4. The Hall–Kier alpha value is -3.14. The molecule has 120 valence electrons.